The minimum atomic E-state index is 0.169. The Morgan fingerprint density at radius 1 is 1.50 bits per heavy atom. The zero-order valence-electron chi connectivity index (χ0n) is 9.09. The summed E-state index contributed by atoms with van der Waals surface area (Å²) in [7, 11) is 0. The van der Waals surface area contributed by atoms with Gasteiger partial charge in [-0.1, -0.05) is 0 Å². The van der Waals surface area contributed by atoms with E-state index in [1.807, 2.05) is 20.8 Å². The summed E-state index contributed by atoms with van der Waals surface area (Å²) in [6.07, 6.45) is 0.957. The maximum Gasteiger partial charge on any atom is 0.0626 e. The Labute approximate surface area is 84.7 Å². The van der Waals surface area contributed by atoms with Gasteiger partial charge in [0.1, 0.15) is 0 Å². The van der Waals surface area contributed by atoms with Crippen LogP contribution in [0, 0.1) is 13.8 Å². The van der Waals surface area contributed by atoms with Crippen LogP contribution in [0.15, 0.2) is 0 Å². The summed E-state index contributed by atoms with van der Waals surface area (Å²) in [5.74, 6) is 0. The predicted octanol–water partition coefficient (Wildman–Crippen LogP) is 0.539. The van der Waals surface area contributed by atoms with Crippen molar-refractivity contribution in [2.24, 2.45) is 0 Å². The van der Waals surface area contributed by atoms with Crippen LogP contribution in [-0.2, 0) is 6.42 Å². The average Bonchev–Trinajstić information content (AvgIpc) is 2.48. The van der Waals surface area contributed by atoms with Gasteiger partial charge in [-0.3, -0.25) is 5.10 Å². The molecule has 0 aliphatic carbocycles. The van der Waals surface area contributed by atoms with Gasteiger partial charge >= 0.3 is 0 Å². The van der Waals surface area contributed by atoms with Crippen molar-refractivity contribution in [1.82, 2.24) is 15.5 Å². The van der Waals surface area contributed by atoms with Crippen LogP contribution >= 0.6 is 0 Å². The van der Waals surface area contributed by atoms with Gasteiger partial charge in [0.05, 0.1) is 12.3 Å². The molecule has 1 heterocycles. The quantitative estimate of drug-likeness (QED) is 0.645. The second-order valence-corrected chi connectivity index (χ2v) is 3.70. The fourth-order valence-corrected chi connectivity index (χ4v) is 1.45. The highest BCUT2D eigenvalue weighted by molar-refractivity contribution is 5.23. The van der Waals surface area contributed by atoms with E-state index in [1.54, 1.807) is 0 Å². The molecular formula is C10H19N3O. The van der Waals surface area contributed by atoms with Crippen LogP contribution in [0.5, 0.6) is 0 Å². The third-order valence-electron chi connectivity index (χ3n) is 2.42. The number of nitrogens with one attached hydrogen (secondary N) is 2. The normalized spacial score (nSPS) is 13.1. The van der Waals surface area contributed by atoms with Gasteiger partial charge in [-0.2, -0.15) is 5.10 Å². The Balaban J connectivity index is 2.38. The molecule has 0 aliphatic rings. The van der Waals surface area contributed by atoms with Gasteiger partial charge in [0.15, 0.2) is 0 Å². The van der Waals surface area contributed by atoms with Crippen molar-refractivity contribution in [2.45, 2.75) is 33.2 Å². The molecule has 0 radical (unpaired) electrons. The lowest BCUT2D eigenvalue weighted by molar-refractivity contribution is 0.252. The molecule has 1 aromatic rings. The Morgan fingerprint density at radius 2 is 2.21 bits per heavy atom. The summed E-state index contributed by atoms with van der Waals surface area (Å²) in [6, 6.07) is 0.169. The van der Waals surface area contributed by atoms with Crippen molar-refractivity contribution in [3.63, 3.8) is 0 Å². The second kappa shape index (κ2) is 5.12. The summed E-state index contributed by atoms with van der Waals surface area (Å²) in [5, 5.41) is 19.1. The topological polar surface area (TPSA) is 60.9 Å². The third kappa shape index (κ3) is 2.82. The van der Waals surface area contributed by atoms with Gasteiger partial charge in [0.2, 0.25) is 0 Å². The number of aryl methyl sites for hydroxylation is 2. The van der Waals surface area contributed by atoms with Crippen molar-refractivity contribution >= 4 is 0 Å². The molecule has 0 bridgehead atoms. The number of aromatic nitrogens is 2. The van der Waals surface area contributed by atoms with E-state index in [0.717, 1.165) is 24.4 Å². The molecule has 1 unspecified atom stereocenters. The first-order valence-electron chi connectivity index (χ1n) is 4.99. The molecule has 1 atom stereocenters. The molecule has 0 aliphatic heterocycles. The zero-order chi connectivity index (χ0) is 10.6. The molecule has 0 spiro atoms. The molecule has 4 nitrogen and oxygen atoms in total. The van der Waals surface area contributed by atoms with Crippen molar-refractivity contribution in [2.75, 3.05) is 13.2 Å². The van der Waals surface area contributed by atoms with Crippen molar-refractivity contribution in [3.05, 3.63) is 17.0 Å². The number of hydrogen-bond acceptors (Lipinski definition) is 3. The molecule has 0 amide bonds. The maximum absolute atomic E-state index is 8.82. The van der Waals surface area contributed by atoms with Crippen LogP contribution < -0.4 is 5.32 Å². The van der Waals surface area contributed by atoms with E-state index in [1.165, 1.54) is 5.56 Å². The molecule has 1 aromatic heterocycles. The van der Waals surface area contributed by atoms with Crippen molar-refractivity contribution < 1.29 is 5.11 Å². The Bertz CT molecular complexity index is 263. The Kier molecular flexibility index (Phi) is 4.10. The van der Waals surface area contributed by atoms with Gasteiger partial charge in [-0.25, -0.2) is 0 Å². The predicted molar refractivity (Wildman–Crippen MR) is 56.3 cm³/mol. The number of hydrogen-bond donors (Lipinski definition) is 3. The van der Waals surface area contributed by atoms with Gasteiger partial charge < -0.3 is 10.4 Å². The number of rotatable bonds is 5. The minimum Gasteiger partial charge on any atom is -0.395 e. The first-order valence-corrected chi connectivity index (χ1v) is 4.99. The van der Waals surface area contributed by atoms with E-state index in [2.05, 4.69) is 15.5 Å². The summed E-state index contributed by atoms with van der Waals surface area (Å²) in [5.41, 5.74) is 3.49. The van der Waals surface area contributed by atoms with Crippen LogP contribution in [0.3, 0.4) is 0 Å². The molecule has 0 saturated carbocycles. The molecule has 1 rings (SSSR count). The molecule has 0 saturated heterocycles. The van der Waals surface area contributed by atoms with E-state index >= 15 is 0 Å². The van der Waals surface area contributed by atoms with Crippen LogP contribution in [0.4, 0.5) is 0 Å². The smallest absolute Gasteiger partial charge is 0.0626 e. The van der Waals surface area contributed by atoms with E-state index in [-0.39, 0.29) is 12.6 Å². The lowest BCUT2D eigenvalue weighted by Gasteiger charge is -2.10. The van der Waals surface area contributed by atoms with Gasteiger partial charge in [-0.05, 0) is 39.3 Å². The van der Waals surface area contributed by atoms with Gasteiger partial charge in [0.25, 0.3) is 0 Å². The SMILES string of the molecule is Cc1n[nH]c(C)c1CCNC(C)CO. The molecule has 80 valence electrons. The lowest BCUT2D eigenvalue weighted by Crippen LogP contribution is -2.31. The summed E-state index contributed by atoms with van der Waals surface area (Å²) in [4.78, 5) is 0. The molecule has 0 aromatic carbocycles. The zero-order valence-corrected chi connectivity index (χ0v) is 9.09. The maximum atomic E-state index is 8.82. The largest absolute Gasteiger partial charge is 0.395 e. The van der Waals surface area contributed by atoms with Crippen molar-refractivity contribution in [1.29, 1.82) is 0 Å². The van der Waals surface area contributed by atoms with Crippen LogP contribution in [0.2, 0.25) is 0 Å². The number of aliphatic hydroxyl groups excluding tert-OH is 1. The lowest BCUT2D eigenvalue weighted by atomic mass is 10.1. The molecule has 3 N–H and O–H groups in total. The third-order valence-corrected chi connectivity index (χ3v) is 2.42. The molecule has 0 fully saturated rings. The summed E-state index contributed by atoms with van der Waals surface area (Å²) >= 11 is 0. The Morgan fingerprint density at radius 3 is 2.71 bits per heavy atom. The number of aromatic amines is 1. The fraction of sp³-hybridized carbons (Fsp3) is 0.700. The molecular weight excluding hydrogens is 178 g/mol. The first kappa shape index (κ1) is 11.2. The minimum absolute atomic E-state index is 0.169. The number of aliphatic hydroxyl groups is 1. The summed E-state index contributed by atoms with van der Waals surface area (Å²) < 4.78 is 0. The average molecular weight is 197 g/mol. The van der Waals surface area contributed by atoms with Crippen molar-refractivity contribution in [3.8, 4) is 0 Å². The molecule has 14 heavy (non-hydrogen) atoms. The van der Waals surface area contributed by atoms with Crippen LogP contribution in [-0.4, -0.2) is 34.5 Å². The number of H-pyrrole nitrogens is 1. The molecule has 4 heteroatoms. The second-order valence-electron chi connectivity index (χ2n) is 3.70. The van der Waals surface area contributed by atoms with Crippen LogP contribution in [0.1, 0.15) is 23.9 Å². The van der Waals surface area contributed by atoms with Gasteiger partial charge in [-0.15, -0.1) is 0 Å². The van der Waals surface area contributed by atoms with Gasteiger partial charge in [0, 0.05) is 11.7 Å². The first-order chi connectivity index (χ1) is 6.65. The number of nitrogens with zero attached hydrogens (tertiary/aromatic N) is 1. The highest BCUT2D eigenvalue weighted by atomic mass is 16.3. The monoisotopic (exact) mass is 197 g/mol. The van der Waals surface area contributed by atoms with E-state index in [9.17, 15) is 0 Å². The highest BCUT2D eigenvalue weighted by Gasteiger charge is 2.06. The van der Waals surface area contributed by atoms with Crippen LogP contribution in [0.25, 0.3) is 0 Å². The van der Waals surface area contributed by atoms with E-state index in [0.29, 0.717) is 0 Å². The summed E-state index contributed by atoms with van der Waals surface area (Å²) in [6.45, 7) is 7.07. The van der Waals surface area contributed by atoms with E-state index < -0.39 is 0 Å². The van der Waals surface area contributed by atoms with E-state index in [4.69, 9.17) is 5.11 Å². The highest BCUT2D eigenvalue weighted by Crippen LogP contribution is 2.09. The standard InChI is InChI=1S/C10H19N3O/c1-7(6-14)11-5-4-10-8(2)12-13-9(10)3/h7,11,14H,4-6H2,1-3H3,(H,12,13). The fourth-order valence-electron chi connectivity index (χ4n) is 1.45. The Hall–Kier alpha value is -0.870.